The first-order valence-electron chi connectivity index (χ1n) is 12.4. The minimum atomic E-state index is -0.643. The van der Waals surface area contributed by atoms with E-state index in [9.17, 15) is 9.90 Å². The van der Waals surface area contributed by atoms with Crippen molar-refractivity contribution in [2.45, 2.75) is 44.1 Å². The molecule has 0 amide bonds. The first-order valence-corrected chi connectivity index (χ1v) is 12.4. The number of carbonyl (C=O) groups is 1. The van der Waals surface area contributed by atoms with E-state index in [1.54, 1.807) is 12.1 Å². The van der Waals surface area contributed by atoms with Crippen LogP contribution in [-0.4, -0.2) is 54.8 Å². The number of likely N-dealkylation sites (tertiary alicyclic amines) is 1. The number of benzene rings is 2. The Bertz CT molecular complexity index is 1030. The molecule has 2 aromatic rings. The molecule has 2 aromatic carbocycles. The second-order valence-electron chi connectivity index (χ2n) is 10.5. The fourth-order valence-corrected chi connectivity index (χ4v) is 5.28. The lowest BCUT2D eigenvalue weighted by Gasteiger charge is -2.42. The number of carboxylic acids is 1. The van der Waals surface area contributed by atoms with Crippen LogP contribution in [0.25, 0.3) is 0 Å². The average molecular weight is 460 g/mol. The van der Waals surface area contributed by atoms with E-state index in [4.69, 9.17) is 10.00 Å². The molecule has 0 radical (unpaired) electrons. The van der Waals surface area contributed by atoms with Crippen molar-refractivity contribution in [3.8, 4) is 11.8 Å². The highest BCUT2D eigenvalue weighted by Crippen LogP contribution is 2.47. The van der Waals surface area contributed by atoms with Gasteiger partial charge in [-0.3, -0.25) is 4.79 Å². The minimum Gasteiger partial charge on any atom is -0.493 e. The van der Waals surface area contributed by atoms with Gasteiger partial charge in [0.15, 0.2) is 0 Å². The van der Waals surface area contributed by atoms with Crippen molar-refractivity contribution in [3.05, 3.63) is 65.7 Å². The van der Waals surface area contributed by atoms with Crippen LogP contribution in [0.4, 0.5) is 0 Å². The maximum Gasteiger partial charge on any atom is 0.310 e. The molecule has 3 fully saturated rings. The smallest absolute Gasteiger partial charge is 0.310 e. The van der Waals surface area contributed by atoms with Crippen molar-refractivity contribution < 1.29 is 14.6 Å². The van der Waals surface area contributed by atoms with Crippen molar-refractivity contribution in [1.29, 1.82) is 5.26 Å². The lowest BCUT2D eigenvalue weighted by molar-refractivity contribution is -0.144. The highest BCUT2D eigenvalue weighted by Gasteiger charge is 2.52. The summed E-state index contributed by atoms with van der Waals surface area (Å²) in [5.41, 5.74) is 1.54. The normalized spacial score (nSPS) is 24.7. The van der Waals surface area contributed by atoms with Crippen LogP contribution in [0.15, 0.2) is 54.6 Å². The fourth-order valence-electron chi connectivity index (χ4n) is 5.28. The summed E-state index contributed by atoms with van der Waals surface area (Å²) in [7, 11) is 0. The lowest BCUT2D eigenvalue weighted by Crippen LogP contribution is -2.50. The van der Waals surface area contributed by atoms with Crippen LogP contribution in [0.3, 0.4) is 0 Å². The number of nitriles is 1. The quantitative estimate of drug-likeness (QED) is 0.558. The number of hydrogen-bond donors (Lipinski definition) is 2. The third-order valence-corrected chi connectivity index (χ3v) is 8.04. The van der Waals surface area contributed by atoms with Gasteiger partial charge in [0.2, 0.25) is 0 Å². The molecule has 1 aliphatic heterocycles. The number of aliphatic carboxylic acids is 1. The Morgan fingerprint density at radius 2 is 1.79 bits per heavy atom. The summed E-state index contributed by atoms with van der Waals surface area (Å²) in [5, 5.41) is 22.4. The van der Waals surface area contributed by atoms with Crippen LogP contribution in [0.5, 0.6) is 5.75 Å². The molecule has 34 heavy (non-hydrogen) atoms. The van der Waals surface area contributed by atoms with Gasteiger partial charge in [-0.25, -0.2) is 0 Å². The molecule has 6 heteroatoms. The van der Waals surface area contributed by atoms with Crippen LogP contribution in [0.2, 0.25) is 0 Å². The largest absolute Gasteiger partial charge is 0.493 e. The van der Waals surface area contributed by atoms with E-state index in [0.29, 0.717) is 30.7 Å². The number of nitrogens with zero attached hydrogens (tertiary/aromatic N) is 2. The Kier molecular flexibility index (Phi) is 6.33. The van der Waals surface area contributed by atoms with E-state index in [0.717, 1.165) is 51.1 Å². The fraction of sp³-hybridized carbons (Fsp3) is 0.500. The minimum absolute atomic E-state index is 0.00810. The molecule has 178 valence electrons. The Hall–Kier alpha value is -2.88. The first kappa shape index (κ1) is 22.9. The summed E-state index contributed by atoms with van der Waals surface area (Å²) in [6.45, 7) is 3.99. The molecule has 0 spiro atoms. The lowest BCUT2D eigenvalue weighted by atomic mass is 9.78. The second-order valence-corrected chi connectivity index (χ2v) is 10.5. The summed E-state index contributed by atoms with van der Waals surface area (Å²) in [6.07, 6.45) is 4.74. The summed E-state index contributed by atoms with van der Waals surface area (Å²) >= 11 is 0. The zero-order chi connectivity index (χ0) is 23.6. The van der Waals surface area contributed by atoms with E-state index >= 15 is 0 Å². The zero-order valence-corrected chi connectivity index (χ0v) is 19.6. The number of nitrogens with one attached hydrogen (secondary N) is 1. The SMILES string of the molecule is N#Cc1ccc(OCC2(CN[C@@H]3C[C@H]3c3ccccc3)CCN(CC3(C(=O)O)CC3)CC2)cc1. The number of hydrogen-bond acceptors (Lipinski definition) is 5. The van der Waals surface area contributed by atoms with E-state index in [1.165, 1.54) is 12.0 Å². The zero-order valence-electron chi connectivity index (χ0n) is 19.6. The first-order chi connectivity index (χ1) is 16.5. The Labute approximate surface area is 201 Å². The average Bonchev–Trinajstić information content (AvgIpc) is 3.80. The van der Waals surface area contributed by atoms with Crippen LogP contribution in [0, 0.1) is 22.2 Å². The van der Waals surface area contributed by atoms with Gasteiger partial charge in [-0.2, -0.15) is 5.26 Å². The summed E-state index contributed by atoms with van der Waals surface area (Å²) in [4.78, 5) is 14.0. The molecule has 5 rings (SSSR count). The molecule has 1 saturated heterocycles. The van der Waals surface area contributed by atoms with E-state index in [-0.39, 0.29) is 5.41 Å². The third-order valence-electron chi connectivity index (χ3n) is 8.04. The summed E-state index contributed by atoms with van der Waals surface area (Å²) in [5.74, 6) is 0.733. The number of piperidine rings is 1. The number of carboxylic acid groups (broad SMARTS) is 1. The molecule has 0 unspecified atom stereocenters. The molecule has 2 aliphatic carbocycles. The predicted molar refractivity (Wildman–Crippen MR) is 130 cm³/mol. The second kappa shape index (κ2) is 9.40. The standard InChI is InChI=1S/C28H33N3O3/c29-17-21-6-8-23(9-7-21)34-20-27(18-30-25-16-24(25)22-4-2-1-3-5-22)12-14-31(15-13-27)19-28(10-11-28)26(32)33/h1-9,24-25,30H,10-16,18-20H2,(H,32,33)/t24-,25+/m0/s1. The maximum atomic E-state index is 11.6. The Morgan fingerprint density at radius 1 is 1.09 bits per heavy atom. The van der Waals surface area contributed by atoms with Gasteiger partial charge in [0.1, 0.15) is 5.75 Å². The topological polar surface area (TPSA) is 85.6 Å². The molecule has 0 bridgehead atoms. The Balaban J connectivity index is 1.20. The van der Waals surface area contributed by atoms with Crippen molar-refractivity contribution in [3.63, 3.8) is 0 Å². The van der Waals surface area contributed by atoms with Gasteiger partial charge >= 0.3 is 5.97 Å². The molecule has 2 atom stereocenters. The molecular weight excluding hydrogens is 426 g/mol. The van der Waals surface area contributed by atoms with E-state index < -0.39 is 11.4 Å². The van der Waals surface area contributed by atoms with Crippen molar-refractivity contribution in [1.82, 2.24) is 10.2 Å². The third kappa shape index (κ3) is 5.11. The molecule has 2 saturated carbocycles. The van der Waals surface area contributed by atoms with Gasteiger partial charge in [-0.1, -0.05) is 30.3 Å². The molecule has 1 heterocycles. The maximum absolute atomic E-state index is 11.6. The van der Waals surface area contributed by atoms with E-state index in [2.05, 4.69) is 46.6 Å². The summed E-state index contributed by atoms with van der Waals surface area (Å²) < 4.78 is 6.24. The van der Waals surface area contributed by atoms with Crippen molar-refractivity contribution >= 4 is 5.97 Å². The molecule has 3 aliphatic rings. The molecule has 6 nitrogen and oxygen atoms in total. The van der Waals surface area contributed by atoms with Gasteiger partial charge in [-0.05, 0) is 75.0 Å². The van der Waals surface area contributed by atoms with Gasteiger partial charge in [0, 0.05) is 30.5 Å². The summed E-state index contributed by atoms with van der Waals surface area (Å²) in [6, 6.07) is 20.7. The van der Waals surface area contributed by atoms with Gasteiger partial charge < -0.3 is 20.1 Å². The monoisotopic (exact) mass is 459 g/mol. The van der Waals surface area contributed by atoms with Crippen molar-refractivity contribution in [2.75, 3.05) is 32.8 Å². The number of rotatable bonds is 10. The predicted octanol–water partition coefficient (Wildman–Crippen LogP) is 4.03. The van der Waals surface area contributed by atoms with Gasteiger partial charge in [0.25, 0.3) is 0 Å². The molecule has 0 aromatic heterocycles. The van der Waals surface area contributed by atoms with Gasteiger partial charge in [0.05, 0.1) is 23.7 Å². The van der Waals surface area contributed by atoms with Crippen LogP contribution in [-0.2, 0) is 4.79 Å². The van der Waals surface area contributed by atoms with Crippen LogP contribution >= 0.6 is 0 Å². The van der Waals surface area contributed by atoms with Crippen LogP contribution < -0.4 is 10.1 Å². The van der Waals surface area contributed by atoms with Gasteiger partial charge in [-0.15, -0.1) is 0 Å². The molecular formula is C28H33N3O3. The van der Waals surface area contributed by atoms with E-state index in [1.807, 2.05) is 12.1 Å². The highest BCUT2D eigenvalue weighted by molar-refractivity contribution is 5.78. The Morgan fingerprint density at radius 3 is 2.41 bits per heavy atom. The van der Waals surface area contributed by atoms with Crippen LogP contribution in [0.1, 0.15) is 49.1 Å². The molecule has 2 N–H and O–H groups in total. The van der Waals surface area contributed by atoms with Crippen molar-refractivity contribution in [2.24, 2.45) is 10.8 Å². The number of ether oxygens (including phenoxy) is 1. The highest BCUT2D eigenvalue weighted by atomic mass is 16.5.